The molecule has 0 spiro atoms. The molecule has 0 aromatic carbocycles. The van der Waals surface area contributed by atoms with E-state index in [9.17, 15) is 0 Å². The Morgan fingerprint density at radius 2 is 1.38 bits per heavy atom. The smallest absolute Gasteiger partial charge is 0.444 e. The van der Waals surface area contributed by atoms with Crippen LogP contribution in [0, 0.1) is 0 Å². The van der Waals surface area contributed by atoms with Crippen molar-refractivity contribution < 1.29 is 70.6 Å². The van der Waals surface area contributed by atoms with Crippen LogP contribution in [0.15, 0.2) is 0 Å². The third-order valence-corrected chi connectivity index (χ3v) is 44.0. The standard InChI is InChI=1S/C14H58O17Si16/c1-10-12(2)15-45(24-37-20-35-21-38-25-46-16-13(3)11-40(5)27-44(9)31-46)29-43(8)23-36-18-33-17-34-19-39-26-47-28-41(6)14(4)32-22-42(7)30-47/h12-14,40-47H,10-11,32-39H2,1-9H3/t12?,13-,14+,40?,41?,42?,43?,44?,45?,46?,47?/m0/s1. The topological polar surface area (TPSA) is 157 Å². The summed E-state index contributed by atoms with van der Waals surface area (Å²) in [5, 5.41) is 0.590. The molecule has 0 N–H and O–H groups in total. The Morgan fingerprint density at radius 1 is 0.787 bits per heavy atom. The fraction of sp³-hybridized carbons (Fsp3) is 1.00. The molecule has 0 bridgehead atoms. The van der Waals surface area contributed by atoms with Crippen molar-refractivity contribution in [3.63, 3.8) is 0 Å². The Kier molecular flexibility index (Phi) is 27.6. The molecule has 280 valence electrons. The third kappa shape index (κ3) is 23.2. The molecule has 0 aliphatic carbocycles. The number of hydrogen-bond donors (Lipinski definition) is 0. The average Bonchev–Trinajstić information content (AvgIpc) is 3.00. The van der Waals surface area contributed by atoms with Crippen LogP contribution in [0.5, 0.6) is 0 Å². The summed E-state index contributed by atoms with van der Waals surface area (Å²) in [5.74, 6) is 0. The van der Waals surface area contributed by atoms with E-state index in [4.69, 9.17) is 70.6 Å². The van der Waals surface area contributed by atoms with Crippen molar-refractivity contribution in [2.45, 2.75) is 90.3 Å². The van der Waals surface area contributed by atoms with Crippen molar-refractivity contribution in [3.8, 4) is 0 Å². The van der Waals surface area contributed by atoms with Crippen molar-refractivity contribution in [1.82, 2.24) is 0 Å². The van der Waals surface area contributed by atoms with Gasteiger partial charge in [-0.3, -0.25) is 0 Å². The highest BCUT2D eigenvalue weighted by molar-refractivity contribution is 6.75. The first kappa shape index (κ1) is 45.9. The molecule has 2 heterocycles. The first-order chi connectivity index (χ1) is 22.5. The summed E-state index contributed by atoms with van der Waals surface area (Å²) in [6.07, 6.45) is 0.990. The molecule has 33 heteroatoms. The maximum absolute atomic E-state index is 6.17. The quantitative estimate of drug-likeness (QED) is 0.0703. The zero-order valence-electron chi connectivity index (χ0n) is 29.4. The maximum atomic E-state index is 6.17. The first-order valence-corrected chi connectivity index (χ1v) is 40.8. The van der Waals surface area contributed by atoms with Gasteiger partial charge in [-0.05, 0) is 64.2 Å². The fourth-order valence-corrected chi connectivity index (χ4v) is 42.8. The summed E-state index contributed by atoms with van der Waals surface area (Å²) in [7, 11) is -23.6. The minimum absolute atomic E-state index is 0.0296. The molecule has 11 atom stereocenters. The predicted molar refractivity (Wildman–Crippen MR) is 217 cm³/mol. The second kappa shape index (κ2) is 28.3. The highest BCUT2D eigenvalue weighted by Gasteiger charge is 2.31. The van der Waals surface area contributed by atoms with Gasteiger partial charge < -0.3 is 70.6 Å². The first-order valence-electron chi connectivity index (χ1n) is 16.1. The molecule has 0 radical (unpaired) electrons. The van der Waals surface area contributed by atoms with E-state index in [1.165, 1.54) is 0 Å². The minimum atomic E-state index is -2.40. The van der Waals surface area contributed by atoms with Gasteiger partial charge in [-0.25, -0.2) is 0 Å². The number of rotatable bonds is 23. The summed E-state index contributed by atoms with van der Waals surface area (Å²) < 4.78 is 101. The van der Waals surface area contributed by atoms with Crippen LogP contribution < -0.4 is 0 Å². The summed E-state index contributed by atoms with van der Waals surface area (Å²) in [6.45, 7) is 18.8. The van der Waals surface area contributed by atoms with Crippen molar-refractivity contribution in [2.24, 2.45) is 0 Å². The monoisotopic (exact) mass is 946 g/mol. The average molecular weight is 948 g/mol. The van der Waals surface area contributed by atoms with Gasteiger partial charge in [0.15, 0.2) is 27.8 Å². The van der Waals surface area contributed by atoms with Gasteiger partial charge in [-0.15, -0.1) is 0 Å². The van der Waals surface area contributed by atoms with Crippen LogP contribution in [-0.2, 0) is 70.6 Å². The van der Waals surface area contributed by atoms with Crippen molar-refractivity contribution in [2.75, 3.05) is 0 Å². The molecule has 2 aliphatic heterocycles. The normalized spacial score (nSPS) is 33.6. The molecule has 47 heavy (non-hydrogen) atoms. The second-order valence-electron chi connectivity index (χ2n) is 11.1. The highest BCUT2D eigenvalue weighted by Crippen LogP contribution is 2.15. The van der Waals surface area contributed by atoms with Gasteiger partial charge in [-0.2, -0.15) is 0 Å². The molecular formula is C14H58O17Si16. The van der Waals surface area contributed by atoms with Gasteiger partial charge in [0.25, 0.3) is 88.6 Å². The number of hydrogen-bond acceptors (Lipinski definition) is 17. The van der Waals surface area contributed by atoms with Gasteiger partial charge >= 0.3 is 37.9 Å². The summed E-state index contributed by atoms with van der Waals surface area (Å²) in [6, 6.07) is 0.974. The largest absolute Gasteiger partial charge is 0.466 e. The minimum Gasteiger partial charge on any atom is -0.444 e. The lowest BCUT2D eigenvalue weighted by Crippen LogP contribution is -2.45. The van der Waals surface area contributed by atoms with Gasteiger partial charge in [0.1, 0.15) is 0 Å². The van der Waals surface area contributed by atoms with E-state index < -0.39 is 154 Å². The third-order valence-electron chi connectivity index (χ3n) is 6.73. The van der Waals surface area contributed by atoms with E-state index >= 15 is 0 Å². The Labute approximate surface area is 313 Å². The summed E-state index contributed by atoms with van der Waals surface area (Å²) in [4.78, 5) is 0. The van der Waals surface area contributed by atoms with E-state index in [0.717, 1.165) is 12.5 Å². The van der Waals surface area contributed by atoms with Crippen LogP contribution in [0.1, 0.15) is 34.1 Å². The van der Waals surface area contributed by atoms with Crippen molar-refractivity contribution >= 4 is 154 Å². The zero-order chi connectivity index (χ0) is 34.4. The SMILES string of the molecule is CCC(C)O[SiH](O[SiH2]O[SiH2]O[SiH2]O[SiH]1O[C@@H](C)C[SiH](C)O[SiH](C)O1)O[SiH](C)O[SiH2]O[SiH2]O[SiH2]O[SiH2]O[SiH]1O[SiH](C)O[SiH2][C@@H](C)[SiH](C)O1. The molecule has 2 rings (SSSR count). The molecule has 2 saturated heterocycles. The Morgan fingerprint density at radius 3 is 2.06 bits per heavy atom. The van der Waals surface area contributed by atoms with Crippen LogP contribution >= 0.6 is 0 Å². The molecule has 9 unspecified atom stereocenters. The van der Waals surface area contributed by atoms with Crippen LogP contribution in [-0.4, -0.2) is 167 Å². The lowest BCUT2D eigenvalue weighted by Gasteiger charge is -2.30. The Hall–Kier alpha value is 2.79. The van der Waals surface area contributed by atoms with Gasteiger partial charge in [0.2, 0.25) is 0 Å². The van der Waals surface area contributed by atoms with Gasteiger partial charge in [0.05, 0.1) is 0 Å². The van der Waals surface area contributed by atoms with E-state index in [-0.39, 0.29) is 12.2 Å². The van der Waals surface area contributed by atoms with Crippen molar-refractivity contribution in [1.29, 1.82) is 0 Å². The van der Waals surface area contributed by atoms with Crippen LogP contribution in [0.4, 0.5) is 0 Å². The van der Waals surface area contributed by atoms with Gasteiger partial charge in [-0.1, -0.05) is 13.8 Å². The van der Waals surface area contributed by atoms with Crippen LogP contribution in [0.25, 0.3) is 0 Å². The van der Waals surface area contributed by atoms with Crippen LogP contribution in [0.2, 0.25) is 43.9 Å². The molecule has 0 saturated carbocycles. The van der Waals surface area contributed by atoms with E-state index in [2.05, 4.69) is 33.9 Å². The van der Waals surface area contributed by atoms with E-state index in [1.807, 2.05) is 26.6 Å². The predicted octanol–water partition coefficient (Wildman–Crippen LogP) is -7.68. The molecule has 17 nitrogen and oxygen atoms in total. The molecule has 2 aliphatic rings. The lowest BCUT2D eigenvalue weighted by molar-refractivity contribution is 0.131. The van der Waals surface area contributed by atoms with E-state index in [1.54, 1.807) is 0 Å². The van der Waals surface area contributed by atoms with Gasteiger partial charge in [0, 0.05) is 12.2 Å². The fourth-order valence-electron chi connectivity index (χ4n) is 3.83. The zero-order valence-corrected chi connectivity index (χ0v) is 49.9. The lowest BCUT2D eigenvalue weighted by atomic mass is 10.3. The van der Waals surface area contributed by atoms with Crippen LogP contribution in [0.3, 0.4) is 0 Å². The summed E-state index contributed by atoms with van der Waals surface area (Å²) >= 11 is 0. The maximum Gasteiger partial charge on any atom is 0.466 e. The molecule has 0 amide bonds. The van der Waals surface area contributed by atoms with E-state index in [0.29, 0.717) is 5.16 Å². The highest BCUT2D eigenvalue weighted by atomic mass is 28.5. The molecule has 2 fully saturated rings. The molecular weight excluding hydrogens is 890 g/mol. The second-order valence-corrected chi connectivity index (χ2v) is 45.9. The van der Waals surface area contributed by atoms with Crippen molar-refractivity contribution in [3.05, 3.63) is 0 Å². The molecule has 0 aromatic heterocycles. The summed E-state index contributed by atoms with van der Waals surface area (Å²) in [5.41, 5.74) is 0. The Bertz CT molecular complexity index is 769. The molecule has 0 aromatic rings. The Balaban J connectivity index is 1.52.